The number of hydrogen-bond donors (Lipinski definition) is 0. The van der Waals surface area contributed by atoms with Gasteiger partial charge in [-0.1, -0.05) is 307 Å². The molecule has 420 valence electrons. The molecule has 0 saturated heterocycles. The summed E-state index contributed by atoms with van der Waals surface area (Å²) in [7, 11) is 0. The largest absolute Gasteiger partial charge is 0.462 e. The summed E-state index contributed by atoms with van der Waals surface area (Å²) in [6.07, 6.45) is 75.4. The van der Waals surface area contributed by atoms with Gasteiger partial charge in [-0.25, -0.2) is 0 Å². The normalized spacial score (nSPS) is 12.3. The summed E-state index contributed by atoms with van der Waals surface area (Å²) in [4.78, 5) is 38.3. The lowest BCUT2D eigenvalue weighted by Crippen LogP contribution is -2.30. The molecule has 0 aliphatic rings. The third-order valence-corrected chi connectivity index (χ3v) is 14.1. The molecule has 0 aromatic heterocycles. The Morgan fingerprint density at radius 1 is 0.292 bits per heavy atom. The number of allylic oxidation sites excluding steroid dienone is 8. The Morgan fingerprint density at radius 2 is 0.542 bits per heavy atom. The van der Waals surface area contributed by atoms with Gasteiger partial charge in [0.1, 0.15) is 13.2 Å². The molecule has 72 heavy (non-hydrogen) atoms. The van der Waals surface area contributed by atoms with Crippen molar-refractivity contribution in [1.82, 2.24) is 0 Å². The molecule has 0 rings (SSSR count). The maximum Gasteiger partial charge on any atom is 0.306 e. The number of ether oxygens (including phenoxy) is 3. The Balaban J connectivity index is 4.25. The van der Waals surface area contributed by atoms with Crippen molar-refractivity contribution >= 4 is 17.9 Å². The van der Waals surface area contributed by atoms with Crippen molar-refractivity contribution in [3.8, 4) is 0 Å². The minimum atomic E-state index is -0.769. The van der Waals surface area contributed by atoms with Gasteiger partial charge < -0.3 is 14.2 Å². The van der Waals surface area contributed by atoms with Crippen LogP contribution in [0.25, 0.3) is 0 Å². The van der Waals surface area contributed by atoms with Gasteiger partial charge in [0.25, 0.3) is 0 Å². The summed E-state index contributed by atoms with van der Waals surface area (Å²) >= 11 is 0. The van der Waals surface area contributed by atoms with Crippen LogP contribution in [-0.4, -0.2) is 37.2 Å². The van der Waals surface area contributed by atoms with Gasteiger partial charge in [-0.2, -0.15) is 0 Å². The number of hydrogen-bond acceptors (Lipinski definition) is 6. The summed E-state index contributed by atoms with van der Waals surface area (Å²) < 4.78 is 16.9. The van der Waals surface area contributed by atoms with E-state index in [-0.39, 0.29) is 31.1 Å². The monoisotopic (exact) mass is 1010 g/mol. The molecule has 6 heteroatoms. The van der Waals surface area contributed by atoms with Crippen molar-refractivity contribution in [2.45, 2.75) is 341 Å². The fourth-order valence-electron chi connectivity index (χ4n) is 9.38. The minimum absolute atomic E-state index is 0.0675. The predicted molar refractivity (Wildman–Crippen MR) is 312 cm³/mol. The molecule has 0 N–H and O–H groups in total. The maximum absolute atomic E-state index is 12.9. The zero-order chi connectivity index (χ0) is 52.2. The molecule has 0 fully saturated rings. The van der Waals surface area contributed by atoms with Crippen LogP contribution in [-0.2, 0) is 28.6 Å². The van der Waals surface area contributed by atoms with Crippen LogP contribution in [0.5, 0.6) is 0 Å². The van der Waals surface area contributed by atoms with E-state index < -0.39 is 6.10 Å². The highest BCUT2D eigenvalue weighted by atomic mass is 16.6. The van der Waals surface area contributed by atoms with E-state index in [0.717, 1.165) is 83.5 Å². The van der Waals surface area contributed by atoms with Crippen LogP contribution in [0.2, 0.25) is 0 Å². The Kier molecular flexibility index (Phi) is 58.7. The van der Waals surface area contributed by atoms with E-state index in [9.17, 15) is 14.4 Å². The molecular formula is C66H120O6. The van der Waals surface area contributed by atoms with Crippen LogP contribution in [0.4, 0.5) is 0 Å². The highest BCUT2D eigenvalue weighted by Crippen LogP contribution is 2.17. The van der Waals surface area contributed by atoms with E-state index in [1.54, 1.807) is 0 Å². The average Bonchev–Trinajstić information content (AvgIpc) is 3.38. The highest BCUT2D eigenvalue weighted by Gasteiger charge is 2.19. The molecule has 0 aliphatic carbocycles. The van der Waals surface area contributed by atoms with Gasteiger partial charge in [0.2, 0.25) is 0 Å². The van der Waals surface area contributed by atoms with Crippen molar-refractivity contribution in [2.24, 2.45) is 0 Å². The molecule has 0 aromatic carbocycles. The summed E-state index contributed by atoms with van der Waals surface area (Å²) in [5, 5.41) is 0. The van der Waals surface area contributed by atoms with Crippen LogP contribution in [0, 0.1) is 0 Å². The summed E-state index contributed by atoms with van der Waals surface area (Å²) in [5.41, 5.74) is 0. The standard InChI is InChI=1S/C66H120O6/c1-4-7-10-13-16-19-22-25-28-29-30-31-32-33-34-35-36-37-39-41-44-47-50-53-56-59-65(68)71-62-63(61-70-64(67)58-55-52-49-46-43-40-27-24-21-18-15-12-9-6-3)72-66(69)60-57-54-51-48-45-42-38-26-23-20-17-14-11-8-5-2/h7,10,16,19,25,28,30-31,63H,4-6,8-9,11-15,17-18,20-24,26-27,29,32-62H2,1-3H3/b10-7-,19-16-,28-25-,31-30-. The first-order valence-corrected chi connectivity index (χ1v) is 31.6. The lowest BCUT2D eigenvalue weighted by Gasteiger charge is -2.18. The molecule has 0 amide bonds. The molecule has 1 atom stereocenters. The third kappa shape index (κ3) is 58.3. The molecular weight excluding hydrogens is 889 g/mol. The second-order valence-electron chi connectivity index (χ2n) is 21.3. The Morgan fingerprint density at radius 3 is 0.847 bits per heavy atom. The summed E-state index contributed by atoms with van der Waals surface area (Å²) in [5.74, 6) is -0.846. The van der Waals surface area contributed by atoms with Crippen molar-refractivity contribution in [2.75, 3.05) is 13.2 Å². The van der Waals surface area contributed by atoms with Gasteiger partial charge in [-0.3, -0.25) is 14.4 Å². The number of unbranched alkanes of at least 4 members (excludes halogenated alkanes) is 39. The molecule has 0 radical (unpaired) electrons. The maximum atomic E-state index is 12.9. The smallest absolute Gasteiger partial charge is 0.306 e. The Bertz CT molecular complexity index is 1250. The predicted octanol–water partition coefficient (Wildman–Crippen LogP) is 21.4. The second kappa shape index (κ2) is 60.9. The second-order valence-corrected chi connectivity index (χ2v) is 21.3. The first-order valence-electron chi connectivity index (χ1n) is 31.6. The number of carbonyl (C=O) groups is 3. The molecule has 6 nitrogen and oxygen atoms in total. The van der Waals surface area contributed by atoms with E-state index >= 15 is 0 Å². The molecule has 0 saturated carbocycles. The van der Waals surface area contributed by atoms with E-state index in [1.807, 2.05) is 0 Å². The van der Waals surface area contributed by atoms with Crippen molar-refractivity contribution in [3.05, 3.63) is 48.6 Å². The zero-order valence-electron chi connectivity index (χ0n) is 48.2. The topological polar surface area (TPSA) is 78.9 Å². The minimum Gasteiger partial charge on any atom is -0.462 e. The average molecular weight is 1010 g/mol. The van der Waals surface area contributed by atoms with E-state index in [2.05, 4.69) is 69.4 Å². The number of carbonyl (C=O) groups excluding carboxylic acids is 3. The number of rotatable bonds is 58. The zero-order valence-corrected chi connectivity index (χ0v) is 48.2. The Hall–Kier alpha value is -2.63. The van der Waals surface area contributed by atoms with Gasteiger partial charge in [0.15, 0.2) is 6.10 Å². The van der Waals surface area contributed by atoms with Crippen molar-refractivity contribution in [1.29, 1.82) is 0 Å². The first kappa shape index (κ1) is 69.4. The van der Waals surface area contributed by atoms with Crippen LogP contribution in [0.15, 0.2) is 48.6 Å². The van der Waals surface area contributed by atoms with Crippen molar-refractivity contribution < 1.29 is 28.6 Å². The van der Waals surface area contributed by atoms with E-state index in [1.165, 1.54) is 212 Å². The van der Waals surface area contributed by atoms with E-state index in [0.29, 0.717) is 19.3 Å². The fourth-order valence-corrected chi connectivity index (χ4v) is 9.38. The molecule has 0 spiro atoms. The first-order chi connectivity index (χ1) is 35.5. The van der Waals surface area contributed by atoms with Crippen LogP contribution >= 0.6 is 0 Å². The SMILES string of the molecule is CC/C=C\C/C=C\C/C=C\C/C=C\CCCCCCCCCCCCCCC(=O)OCC(COC(=O)CCCCCCCCCCCCCCCC)OC(=O)CCCCCCCCCCCCCCCCC. The summed E-state index contributed by atoms with van der Waals surface area (Å²) in [6, 6.07) is 0. The lowest BCUT2D eigenvalue weighted by atomic mass is 10.0. The molecule has 0 bridgehead atoms. The van der Waals surface area contributed by atoms with E-state index in [4.69, 9.17) is 14.2 Å². The van der Waals surface area contributed by atoms with Gasteiger partial charge in [-0.05, 0) is 57.8 Å². The number of esters is 3. The highest BCUT2D eigenvalue weighted by molar-refractivity contribution is 5.71. The molecule has 1 unspecified atom stereocenters. The summed E-state index contributed by atoms with van der Waals surface area (Å²) in [6.45, 7) is 6.58. The van der Waals surface area contributed by atoms with Gasteiger partial charge >= 0.3 is 17.9 Å². The van der Waals surface area contributed by atoms with Gasteiger partial charge in [-0.15, -0.1) is 0 Å². The lowest BCUT2D eigenvalue weighted by molar-refractivity contribution is -0.167. The van der Waals surface area contributed by atoms with Crippen LogP contribution < -0.4 is 0 Å². The molecule has 0 aromatic rings. The third-order valence-electron chi connectivity index (χ3n) is 14.1. The van der Waals surface area contributed by atoms with Gasteiger partial charge in [0, 0.05) is 19.3 Å². The van der Waals surface area contributed by atoms with Crippen molar-refractivity contribution in [3.63, 3.8) is 0 Å². The van der Waals surface area contributed by atoms with Crippen LogP contribution in [0.3, 0.4) is 0 Å². The molecule has 0 aliphatic heterocycles. The Labute approximate surface area is 448 Å². The molecule has 0 heterocycles. The van der Waals surface area contributed by atoms with Gasteiger partial charge in [0.05, 0.1) is 0 Å². The fraction of sp³-hybridized carbons (Fsp3) is 0.833. The quantitative estimate of drug-likeness (QED) is 0.0261. The van der Waals surface area contributed by atoms with Crippen LogP contribution in [0.1, 0.15) is 335 Å².